The van der Waals surface area contributed by atoms with E-state index in [1.807, 2.05) is 19.1 Å². The number of rotatable bonds is 4. The molecule has 0 bridgehead atoms. The topological polar surface area (TPSA) is 62.1 Å². The minimum absolute atomic E-state index is 0.299. The van der Waals surface area contributed by atoms with E-state index in [-0.39, 0.29) is 5.91 Å². The van der Waals surface area contributed by atoms with Crippen LogP contribution in [-0.2, 0) is 5.72 Å². The Hall–Kier alpha value is -2.18. The van der Waals surface area contributed by atoms with Gasteiger partial charge in [0.15, 0.2) is 5.72 Å². The quantitative estimate of drug-likeness (QED) is 0.842. The van der Waals surface area contributed by atoms with Crippen LogP contribution in [0.3, 0.4) is 0 Å². The first-order valence-corrected chi connectivity index (χ1v) is 8.80. The average Bonchev–Trinajstić information content (AvgIpc) is 2.99. The Morgan fingerprint density at radius 1 is 1.24 bits per heavy atom. The van der Waals surface area contributed by atoms with Gasteiger partial charge in [0.25, 0.3) is 5.91 Å². The zero-order valence-corrected chi connectivity index (χ0v) is 15.7. The van der Waals surface area contributed by atoms with Gasteiger partial charge in [-0.2, -0.15) is 10.1 Å². The van der Waals surface area contributed by atoms with Gasteiger partial charge in [-0.05, 0) is 42.8 Å². The highest BCUT2D eigenvalue weighted by Gasteiger charge is 2.45. The van der Waals surface area contributed by atoms with Gasteiger partial charge >= 0.3 is 0 Å². The molecule has 0 aromatic heterocycles. The van der Waals surface area contributed by atoms with E-state index in [9.17, 15) is 9.90 Å². The van der Waals surface area contributed by atoms with Crippen molar-refractivity contribution in [1.82, 2.24) is 5.01 Å². The standard InChI is InChI=1S/C19H19BrN2O3/c1-3-16-12-19(24,14-6-8-15(20)9-7-14)22(21-16)18(23)13-4-10-17(25-2)11-5-13/h4-11,24H,3,12H2,1-2H3. The fourth-order valence-electron chi connectivity index (χ4n) is 2.83. The lowest BCUT2D eigenvalue weighted by molar-refractivity contribution is -0.0765. The molecule has 0 saturated heterocycles. The monoisotopic (exact) mass is 402 g/mol. The second kappa shape index (κ2) is 6.98. The van der Waals surface area contributed by atoms with Gasteiger partial charge < -0.3 is 9.84 Å². The summed E-state index contributed by atoms with van der Waals surface area (Å²) in [5, 5.41) is 16.9. The van der Waals surface area contributed by atoms with E-state index in [0.717, 1.165) is 10.2 Å². The van der Waals surface area contributed by atoms with Crippen LogP contribution in [0.25, 0.3) is 0 Å². The number of carbonyl (C=O) groups is 1. The van der Waals surface area contributed by atoms with E-state index in [0.29, 0.717) is 29.7 Å². The van der Waals surface area contributed by atoms with Crippen LogP contribution >= 0.6 is 15.9 Å². The maximum Gasteiger partial charge on any atom is 0.276 e. The number of halogens is 1. The van der Waals surface area contributed by atoms with Crippen LogP contribution in [0.15, 0.2) is 58.1 Å². The molecular formula is C19H19BrN2O3. The van der Waals surface area contributed by atoms with Gasteiger partial charge in [0, 0.05) is 27.7 Å². The van der Waals surface area contributed by atoms with Crippen molar-refractivity contribution in [3.8, 4) is 5.75 Å². The van der Waals surface area contributed by atoms with Crippen LogP contribution in [0.1, 0.15) is 35.7 Å². The van der Waals surface area contributed by atoms with Crippen LogP contribution in [-0.4, -0.2) is 28.8 Å². The first-order chi connectivity index (χ1) is 12.0. The van der Waals surface area contributed by atoms with Crippen molar-refractivity contribution in [3.05, 3.63) is 64.1 Å². The van der Waals surface area contributed by atoms with Gasteiger partial charge in [-0.15, -0.1) is 0 Å². The molecule has 1 aliphatic rings. The minimum Gasteiger partial charge on any atom is -0.497 e. The number of carbonyl (C=O) groups excluding carboxylic acids is 1. The summed E-state index contributed by atoms with van der Waals surface area (Å²) in [5.41, 5.74) is 0.373. The Labute approximate surface area is 155 Å². The molecule has 3 rings (SSSR count). The molecule has 1 amide bonds. The van der Waals surface area contributed by atoms with E-state index >= 15 is 0 Å². The summed E-state index contributed by atoms with van der Waals surface area (Å²) in [6, 6.07) is 14.0. The van der Waals surface area contributed by atoms with Gasteiger partial charge in [-0.1, -0.05) is 35.0 Å². The zero-order valence-electron chi connectivity index (χ0n) is 14.1. The first-order valence-electron chi connectivity index (χ1n) is 8.01. The number of methoxy groups -OCH3 is 1. The highest BCUT2D eigenvalue weighted by Crippen LogP contribution is 2.37. The predicted octanol–water partition coefficient (Wildman–Crippen LogP) is 3.91. The fourth-order valence-corrected chi connectivity index (χ4v) is 3.09. The molecule has 1 heterocycles. The van der Waals surface area contributed by atoms with Gasteiger partial charge in [0.1, 0.15) is 5.75 Å². The van der Waals surface area contributed by atoms with Crippen molar-refractivity contribution in [2.24, 2.45) is 5.10 Å². The summed E-state index contributed by atoms with van der Waals surface area (Å²) >= 11 is 3.39. The molecule has 0 aliphatic carbocycles. The molecule has 1 N–H and O–H groups in total. The molecule has 0 saturated carbocycles. The Balaban J connectivity index is 1.98. The fraction of sp³-hybridized carbons (Fsp3) is 0.263. The third-order valence-corrected chi connectivity index (χ3v) is 4.82. The predicted molar refractivity (Wildman–Crippen MR) is 99.5 cm³/mol. The highest BCUT2D eigenvalue weighted by molar-refractivity contribution is 9.10. The van der Waals surface area contributed by atoms with E-state index in [1.165, 1.54) is 5.01 Å². The van der Waals surface area contributed by atoms with Crippen molar-refractivity contribution in [2.45, 2.75) is 25.5 Å². The Morgan fingerprint density at radius 2 is 1.88 bits per heavy atom. The summed E-state index contributed by atoms with van der Waals surface area (Å²) in [4.78, 5) is 13.0. The van der Waals surface area contributed by atoms with Gasteiger partial charge in [0.2, 0.25) is 0 Å². The molecule has 1 unspecified atom stereocenters. The molecule has 2 aromatic carbocycles. The minimum atomic E-state index is -1.48. The highest BCUT2D eigenvalue weighted by atomic mass is 79.9. The van der Waals surface area contributed by atoms with Crippen molar-refractivity contribution in [3.63, 3.8) is 0 Å². The normalized spacial score (nSPS) is 19.7. The van der Waals surface area contributed by atoms with Gasteiger partial charge in [0.05, 0.1) is 7.11 Å². The summed E-state index contributed by atoms with van der Waals surface area (Å²) in [6.07, 6.45) is 0.970. The average molecular weight is 403 g/mol. The lowest BCUT2D eigenvalue weighted by atomic mass is 9.96. The Bertz CT molecular complexity index is 802. The number of ether oxygens (including phenoxy) is 1. The number of hydrogen-bond donors (Lipinski definition) is 1. The van der Waals surface area contributed by atoms with E-state index in [2.05, 4.69) is 21.0 Å². The number of nitrogens with zero attached hydrogens (tertiary/aromatic N) is 2. The molecular weight excluding hydrogens is 384 g/mol. The van der Waals surface area contributed by atoms with Crippen LogP contribution in [0.5, 0.6) is 5.75 Å². The van der Waals surface area contributed by atoms with Crippen molar-refractivity contribution in [1.29, 1.82) is 0 Å². The molecule has 1 aliphatic heterocycles. The van der Waals surface area contributed by atoms with Crippen molar-refractivity contribution in [2.75, 3.05) is 7.11 Å². The first kappa shape index (κ1) is 17.6. The van der Waals surface area contributed by atoms with E-state index < -0.39 is 5.72 Å². The number of aliphatic hydroxyl groups is 1. The van der Waals surface area contributed by atoms with Crippen molar-refractivity contribution >= 4 is 27.5 Å². The second-order valence-electron chi connectivity index (χ2n) is 5.87. The van der Waals surface area contributed by atoms with Crippen LogP contribution < -0.4 is 4.74 Å². The third-order valence-electron chi connectivity index (χ3n) is 4.29. The zero-order chi connectivity index (χ0) is 18.0. The molecule has 0 spiro atoms. The Morgan fingerprint density at radius 3 is 2.44 bits per heavy atom. The molecule has 0 fully saturated rings. The van der Waals surface area contributed by atoms with Crippen LogP contribution in [0, 0.1) is 0 Å². The molecule has 1 atom stereocenters. The van der Waals surface area contributed by atoms with Gasteiger partial charge in [-0.3, -0.25) is 4.79 Å². The number of benzene rings is 2. The molecule has 25 heavy (non-hydrogen) atoms. The maximum atomic E-state index is 13.0. The number of amides is 1. The molecule has 2 aromatic rings. The third kappa shape index (κ3) is 3.32. The summed E-state index contributed by atoms with van der Waals surface area (Å²) < 4.78 is 6.03. The summed E-state index contributed by atoms with van der Waals surface area (Å²) in [7, 11) is 1.57. The largest absolute Gasteiger partial charge is 0.497 e. The Kier molecular flexibility index (Phi) is 4.92. The molecule has 5 nitrogen and oxygen atoms in total. The van der Waals surface area contributed by atoms with E-state index in [4.69, 9.17) is 4.74 Å². The number of hydrazone groups is 1. The molecule has 6 heteroatoms. The van der Waals surface area contributed by atoms with Crippen LogP contribution in [0.2, 0.25) is 0 Å². The van der Waals surface area contributed by atoms with Crippen LogP contribution in [0.4, 0.5) is 0 Å². The van der Waals surface area contributed by atoms with E-state index in [1.54, 1.807) is 43.5 Å². The lowest BCUT2D eigenvalue weighted by Gasteiger charge is -2.31. The second-order valence-corrected chi connectivity index (χ2v) is 6.78. The summed E-state index contributed by atoms with van der Waals surface area (Å²) in [6.45, 7) is 1.96. The smallest absolute Gasteiger partial charge is 0.276 e. The molecule has 0 radical (unpaired) electrons. The number of hydrogen-bond acceptors (Lipinski definition) is 4. The maximum absolute atomic E-state index is 13.0. The molecule has 130 valence electrons. The van der Waals surface area contributed by atoms with Gasteiger partial charge in [-0.25, -0.2) is 0 Å². The lowest BCUT2D eigenvalue weighted by Crippen LogP contribution is -2.43. The van der Waals surface area contributed by atoms with Crippen molar-refractivity contribution < 1.29 is 14.6 Å². The summed E-state index contributed by atoms with van der Waals surface area (Å²) in [5.74, 6) is 0.315. The SMILES string of the molecule is CCC1=NN(C(=O)c2ccc(OC)cc2)C(O)(c2ccc(Br)cc2)C1.